The molecule has 0 radical (unpaired) electrons. The fourth-order valence-electron chi connectivity index (χ4n) is 2.64. The molecule has 3 rings (SSSR count). The number of hydrogen-bond acceptors (Lipinski definition) is 2. The van der Waals surface area contributed by atoms with E-state index in [4.69, 9.17) is 4.74 Å². The van der Waals surface area contributed by atoms with Gasteiger partial charge >= 0.3 is 12.3 Å². The molecule has 26 heavy (non-hydrogen) atoms. The van der Waals surface area contributed by atoms with Gasteiger partial charge in [-0.3, -0.25) is 0 Å². The second-order valence-electron chi connectivity index (χ2n) is 6.00. The predicted molar refractivity (Wildman–Crippen MR) is 88.7 cm³/mol. The highest BCUT2D eigenvalue weighted by molar-refractivity contribution is 5.70. The zero-order chi connectivity index (χ0) is 19.1. The van der Waals surface area contributed by atoms with Gasteiger partial charge in [0.1, 0.15) is 11.9 Å². The standard InChI is InChI=1S/C18H17F3N3O2/c1-22(2)17(25)26-13-9-7-12(8-10-13)14-11-24-15(18(19,20)21)5-4-6-16(24)23(14)3/h4-11H,1-3H3/q+1. The summed E-state index contributed by atoms with van der Waals surface area (Å²) in [6, 6.07) is 10.6. The highest BCUT2D eigenvalue weighted by Gasteiger charge is 2.38. The molecular formula is C18H17F3N3O2+. The maximum absolute atomic E-state index is 13.2. The van der Waals surface area contributed by atoms with E-state index < -0.39 is 18.0 Å². The fraction of sp³-hybridized carbons (Fsp3) is 0.222. The summed E-state index contributed by atoms with van der Waals surface area (Å²) in [4.78, 5) is 12.9. The van der Waals surface area contributed by atoms with Crippen LogP contribution in [-0.2, 0) is 13.2 Å². The molecule has 2 aromatic heterocycles. The van der Waals surface area contributed by atoms with E-state index >= 15 is 0 Å². The highest BCUT2D eigenvalue weighted by Crippen LogP contribution is 2.30. The van der Waals surface area contributed by atoms with Crippen LogP contribution >= 0.6 is 0 Å². The molecule has 0 unspecified atom stereocenters. The number of amides is 1. The molecule has 0 bridgehead atoms. The lowest BCUT2D eigenvalue weighted by atomic mass is 10.1. The number of aromatic nitrogens is 2. The molecule has 2 heterocycles. The Morgan fingerprint density at radius 1 is 1.12 bits per heavy atom. The van der Waals surface area contributed by atoms with Gasteiger partial charge in [-0.15, -0.1) is 0 Å². The molecule has 0 saturated heterocycles. The molecule has 1 aromatic carbocycles. The van der Waals surface area contributed by atoms with Gasteiger partial charge in [0.2, 0.25) is 5.69 Å². The summed E-state index contributed by atoms with van der Waals surface area (Å²) in [6.45, 7) is 0. The Hall–Kier alpha value is -3.03. The Labute approximate surface area is 147 Å². The van der Waals surface area contributed by atoms with E-state index in [0.29, 0.717) is 22.7 Å². The number of imidazole rings is 1. The molecule has 0 fully saturated rings. The van der Waals surface area contributed by atoms with Gasteiger partial charge in [0.15, 0.2) is 5.69 Å². The van der Waals surface area contributed by atoms with E-state index in [1.807, 2.05) is 0 Å². The Morgan fingerprint density at radius 3 is 2.35 bits per heavy atom. The number of ether oxygens (including phenoxy) is 1. The summed E-state index contributed by atoms with van der Waals surface area (Å²) < 4.78 is 47.6. The first-order valence-electron chi connectivity index (χ1n) is 7.75. The van der Waals surface area contributed by atoms with Crippen molar-refractivity contribution in [1.82, 2.24) is 9.30 Å². The molecule has 0 saturated carbocycles. The third-order valence-electron chi connectivity index (χ3n) is 3.97. The number of carbonyl (C=O) groups is 1. The summed E-state index contributed by atoms with van der Waals surface area (Å²) in [6.07, 6.45) is -3.51. The molecule has 8 heteroatoms. The van der Waals surface area contributed by atoms with Crippen LogP contribution in [-0.4, -0.2) is 29.5 Å². The van der Waals surface area contributed by atoms with Crippen molar-refractivity contribution in [2.75, 3.05) is 14.1 Å². The molecule has 0 aliphatic carbocycles. The average molecular weight is 364 g/mol. The van der Waals surface area contributed by atoms with Crippen molar-refractivity contribution in [2.24, 2.45) is 7.05 Å². The van der Waals surface area contributed by atoms with Gasteiger partial charge < -0.3 is 9.64 Å². The Morgan fingerprint density at radius 2 is 1.77 bits per heavy atom. The first-order valence-corrected chi connectivity index (χ1v) is 7.75. The topological polar surface area (TPSA) is 37.8 Å². The zero-order valence-electron chi connectivity index (χ0n) is 14.4. The van der Waals surface area contributed by atoms with E-state index in [1.165, 1.54) is 17.2 Å². The van der Waals surface area contributed by atoms with Gasteiger partial charge in [0.05, 0.1) is 7.05 Å². The van der Waals surface area contributed by atoms with Crippen LogP contribution < -0.4 is 9.30 Å². The number of nitrogens with zero attached hydrogens (tertiary/aromatic N) is 3. The monoisotopic (exact) mass is 364 g/mol. The van der Waals surface area contributed by atoms with Crippen LogP contribution in [0.4, 0.5) is 18.0 Å². The van der Waals surface area contributed by atoms with Gasteiger partial charge in [0, 0.05) is 25.7 Å². The van der Waals surface area contributed by atoms with Crippen LogP contribution in [0.5, 0.6) is 5.75 Å². The maximum Gasteiger partial charge on any atom is 0.453 e. The predicted octanol–water partition coefficient (Wildman–Crippen LogP) is 3.51. The maximum atomic E-state index is 13.2. The second-order valence-corrected chi connectivity index (χ2v) is 6.00. The molecular weight excluding hydrogens is 347 g/mol. The molecule has 0 N–H and O–H groups in total. The smallest absolute Gasteiger partial charge is 0.410 e. The van der Waals surface area contributed by atoms with E-state index in [0.717, 1.165) is 10.5 Å². The van der Waals surface area contributed by atoms with E-state index in [2.05, 4.69) is 0 Å². The first kappa shape index (κ1) is 17.8. The van der Waals surface area contributed by atoms with Crippen molar-refractivity contribution in [2.45, 2.75) is 6.18 Å². The van der Waals surface area contributed by atoms with Crippen LogP contribution in [0.3, 0.4) is 0 Å². The van der Waals surface area contributed by atoms with Crippen LogP contribution in [0.2, 0.25) is 0 Å². The molecule has 1 amide bonds. The summed E-state index contributed by atoms with van der Waals surface area (Å²) in [5, 5.41) is 0. The molecule has 5 nitrogen and oxygen atoms in total. The largest absolute Gasteiger partial charge is 0.453 e. The summed E-state index contributed by atoms with van der Waals surface area (Å²) >= 11 is 0. The van der Waals surface area contributed by atoms with E-state index in [1.54, 1.807) is 56.0 Å². The lowest BCUT2D eigenvalue weighted by Gasteiger charge is -2.10. The van der Waals surface area contributed by atoms with Gasteiger partial charge in [0.25, 0.3) is 5.65 Å². The van der Waals surface area contributed by atoms with Crippen LogP contribution in [0.25, 0.3) is 16.9 Å². The number of aryl methyl sites for hydroxylation is 1. The Bertz CT molecular complexity index is 960. The van der Waals surface area contributed by atoms with Gasteiger partial charge in [-0.1, -0.05) is 0 Å². The summed E-state index contributed by atoms with van der Waals surface area (Å²) in [5.41, 5.74) is 0.979. The van der Waals surface area contributed by atoms with Crippen molar-refractivity contribution < 1.29 is 27.3 Å². The summed E-state index contributed by atoms with van der Waals surface area (Å²) in [7, 11) is 4.84. The molecule has 0 aliphatic rings. The second kappa shape index (κ2) is 6.36. The SMILES string of the molecule is CN(C)C(=O)Oc1ccc(-c2cn3c(C(F)(F)F)cccc3[n+]2C)cc1. The van der Waals surface area contributed by atoms with Crippen molar-refractivity contribution in [3.05, 3.63) is 54.4 Å². The molecule has 3 aromatic rings. The molecule has 0 aliphatic heterocycles. The van der Waals surface area contributed by atoms with Crippen LogP contribution in [0.1, 0.15) is 5.69 Å². The number of hydrogen-bond donors (Lipinski definition) is 0. The Balaban J connectivity index is 2.01. The van der Waals surface area contributed by atoms with Gasteiger partial charge in [-0.05, 0) is 36.4 Å². The molecule has 136 valence electrons. The minimum Gasteiger partial charge on any atom is -0.410 e. The van der Waals surface area contributed by atoms with E-state index in [9.17, 15) is 18.0 Å². The third kappa shape index (κ3) is 3.22. The van der Waals surface area contributed by atoms with E-state index in [-0.39, 0.29) is 0 Å². The van der Waals surface area contributed by atoms with Gasteiger partial charge in [-0.2, -0.15) is 17.6 Å². The number of fused-ring (bicyclic) bond motifs is 1. The zero-order valence-corrected chi connectivity index (χ0v) is 14.4. The van der Waals surface area contributed by atoms with Crippen LogP contribution in [0.15, 0.2) is 48.7 Å². The molecule has 0 spiro atoms. The van der Waals surface area contributed by atoms with Gasteiger partial charge in [-0.25, -0.2) is 9.36 Å². The minimum absolute atomic E-state index is 0.356. The van der Waals surface area contributed by atoms with Crippen molar-refractivity contribution in [1.29, 1.82) is 0 Å². The van der Waals surface area contributed by atoms with Crippen molar-refractivity contribution >= 4 is 11.7 Å². The third-order valence-corrected chi connectivity index (χ3v) is 3.97. The minimum atomic E-state index is -4.45. The quantitative estimate of drug-likeness (QED) is 0.653. The first-order chi connectivity index (χ1) is 12.2. The Kier molecular flexibility index (Phi) is 4.35. The van der Waals surface area contributed by atoms with Crippen molar-refractivity contribution in [3.8, 4) is 17.0 Å². The number of alkyl halides is 3. The van der Waals surface area contributed by atoms with Crippen molar-refractivity contribution in [3.63, 3.8) is 0 Å². The summed E-state index contributed by atoms with van der Waals surface area (Å²) in [5.74, 6) is 0.356. The average Bonchev–Trinajstić information content (AvgIpc) is 2.91. The number of pyridine rings is 1. The normalized spacial score (nSPS) is 11.6. The lowest BCUT2D eigenvalue weighted by Crippen LogP contribution is -2.29. The highest BCUT2D eigenvalue weighted by atomic mass is 19.4. The number of halogens is 3. The number of benzene rings is 1. The number of carbonyl (C=O) groups excluding carboxylic acids is 1. The number of rotatable bonds is 2. The molecule has 0 atom stereocenters. The lowest BCUT2D eigenvalue weighted by molar-refractivity contribution is -0.633. The van der Waals surface area contributed by atoms with Crippen LogP contribution in [0, 0.1) is 0 Å². The fourth-order valence-corrected chi connectivity index (χ4v) is 2.64.